The van der Waals surface area contributed by atoms with Gasteiger partial charge in [-0.25, -0.2) is 0 Å². The Balaban J connectivity index is 2.09. The van der Waals surface area contributed by atoms with E-state index in [0.29, 0.717) is 13.0 Å². The molecule has 0 saturated heterocycles. The van der Waals surface area contributed by atoms with Crippen LogP contribution in [0, 0.1) is 0 Å². The minimum Gasteiger partial charge on any atom is -0.494 e. The SMILES string of the molecule is CCC[C@@H](C)NC(=O)CCCOc1ccccc1. The first-order valence-electron chi connectivity index (χ1n) is 6.69. The van der Waals surface area contributed by atoms with Crippen LogP contribution in [-0.4, -0.2) is 18.6 Å². The summed E-state index contributed by atoms with van der Waals surface area (Å²) in [5, 5.41) is 2.98. The molecule has 0 radical (unpaired) electrons. The second-order valence-electron chi connectivity index (χ2n) is 4.52. The number of hydrogen-bond donors (Lipinski definition) is 1. The van der Waals surface area contributed by atoms with Crippen LogP contribution in [0.3, 0.4) is 0 Å². The summed E-state index contributed by atoms with van der Waals surface area (Å²) in [7, 11) is 0. The molecule has 0 fully saturated rings. The van der Waals surface area contributed by atoms with Crippen molar-refractivity contribution in [3.05, 3.63) is 30.3 Å². The molecule has 1 aromatic carbocycles. The van der Waals surface area contributed by atoms with Gasteiger partial charge in [0.05, 0.1) is 6.61 Å². The molecule has 3 nitrogen and oxygen atoms in total. The summed E-state index contributed by atoms with van der Waals surface area (Å²) in [5.41, 5.74) is 0. The molecule has 1 amide bonds. The van der Waals surface area contributed by atoms with Gasteiger partial charge in [0.2, 0.25) is 5.91 Å². The third-order valence-corrected chi connectivity index (χ3v) is 2.69. The Hall–Kier alpha value is -1.51. The first kappa shape index (κ1) is 14.6. The predicted molar refractivity (Wildman–Crippen MR) is 73.7 cm³/mol. The number of nitrogens with one attached hydrogen (secondary N) is 1. The van der Waals surface area contributed by atoms with Crippen LogP contribution in [0.2, 0.25) is 0 Å². The molecule has 0 spiro atoms. The summed E-state index contributed by atoms with van der Waals surface area (Å²) in [5.74, 6) is 0.977. The minimum atomic E-state index is 0.118. The van der Waals surface area contributed by atoms with Gasteiger partial charge in [0.1, 0.15) is 5.75 Å². The van der Waals surface area contributed by atoms with Gasteiger partial charge in [-0.2, -0.15) is 0 Å². The Morgan fingerprint density at radius 2 is 2.06 bits per heavy atom. The second-order valence-corrected chi connectivity index (χ2v) is 4.52. The Bertz CT molecular complexity index is 338. The lowest BCUT2D eigenvalue weighted by molar-refractivity contribution is -0.121. The highest BCUT2D eigenvalue weighted by atomic mass is 16.5. The minimum absolute atomic E-state index is 0.118. The Morgan fingerprint density at radius 1 is 1.33 bits per heavy atom. The van der Waals surface area contributed by atoms with Gasteiger partial charge in [0.15, 0.2) is 0 Å². The van der Waals surface area contributed by atoms with Crippen molar-refractivity contribution in [2.24, 2.45) is 0 Å². The van der Waals surface area contributed by atoms with Crippen LogP contribution in [-0.2, 0) is 4.79 Å². The number of rotatable bonds is 8. The van der Waals surface area contributed by atoms with E-state index in [-0.39, 0.29) is 11.9 Å². The Labute approximate surface area is 110 Å². The average Bonchev–Trinajstić information content (AvgIpc) is 2.36. The molecular formula is C15H23NO2. The molecular weight excluding hydrogens is 226 g/mol. The van der Waals surface area contributed by atoms with Crippen LogP contribution in [0.1, 0.15) is 39.5 Å². The molecule has 3 heteroatoms. The van der Waals surface area contributed by atoms with E-state index in [0.717, 1.165) is 25.0 Å². The fourth-order valence-electron chi connectivity index (χ4n) is 1.79. The van der Waals surface area contributed by atoms with E-state index in [9.17, 15) is 4.79 Å². The van der Waals surface area contributed by atoms with Crippen LogP contribution in [0.4, 0.5) is 0 Å². The zero-order chi connectivity index (χ0) is 13.2. The van der Waals surface area contributed by atoms with Crippen LogP contribution < -0.4 is 10.1 Å². The molecule has 0 saturated carbocycles. The topological polar surface area (TPSA) is 38.3 Å². The normalized spacial score (nSPS) is 11.9. The summed E-state index contributed by atoms with van der Waals surface area (Å²) in [6, 6.07) is 9.95. The third kappa shape index (κ3) is 6.28. The highest BCUT2D eigenvalue weighted by Crippen LogP contribution is 2.08. The predicted octanol–water partition coefficient (Wildman–Crippen LogP) is 3.15. The number of amides is 1. The van der Waals surface area contributed by atoms with Crippen molar-refractivity contribution in [1.82, 2.24) is 5.32 Å². The number of hydrogen-bond acceptors (Lipinski definition) is 2. The van der Waals surface area contributed by atoms with Crippen LogP contribution in [0.25, 0.3) is 0 Å². The maximum atomic E-state index is 11.6. The number of carbonyl (C=O) groups is 1. The van der Waals surface area contributed by atoms with Crippen molar-refractivity contribution in [3.8, 4) is 5.75 Å². The number of para-hydroxylation sites is 1. The van der Waals surface area contributed by atoms with E-state index in [1.807, 2.05) is 37.3 Å². The van der Waals surface area contributed by atoms with E-state index >= 15 is 0 Å². The highest BCUT2D eigenvalue weighted by Gasteiger charge is 2.05. The van der Waals surface area contributed by atoms with Crippen molar-refractivity contribution < 1.29 is 9.53 Å². The average molecular weight is 249 g/mol. The largest absolute Gasteiger partial charge is 0.494 e. The molecule has 0 heterocycles. The van der Waals surface area contributed by atoms with E-state index in [1.165, 1.54) is 0 Å². The van der Waals surface area contributed by atoms with Crippen molar-refractivity contribution in [1.29, 1.82) is 0 Å². The van der Waals surface area contributed by atoms with Gasteiger partial charge in [0.25, 0.3) is 0 Å². The monoisotopic (exact) mass is 249 g/mol. The van der Waals surface area contributed by atoms with Crippen LogP contribution in [0.15, 0.2) is 30.3 Å². The van der Waals surface area contributed by atoms with Crippen molar-refractivity contribution >= 4 is 5.91 Å². The molecule has 1 rings (SSSR count). The highest BCUT2D eigenvalue weighted by molar-refractivity contribution is 5.76. The maximum absolute atomic E-state index is 11.6. The molecule has 0 aliphatic rings. The van der Waals surface area contributed by atoms with Gasteiger partial charge >= 0.3 is 0 Å². The molecule has 1 aromatic rings. The molecule has 18 heavy (non-hydrogen) atoms. The smallest absolute Gasteiger partial charge is 0.220 e. The summed E-state index contributed by atoms with van der Waals surface area (Å²) in [6.45, 7) is 4.75. The van der Waals surface area contributed by atoms with E-state index in [4.69, 9.17) is 4.74 Å². The van der Waals surface area contributed by atoms with E-state index in [1.54, 1.807) is 0 Å². The fourth-order valence-corrected chi connectivity index (χ4v) is 1.79. The zero-order valence-corrected chi connectivity index (χ0v) is 11.3. The Kier molecular flexibility index (Phi) is 6.92. The standard InChI is InChI=1S/C15H23NO2/c1-3-8-13(2)16-15(17)11-7-12-18-14-9-5-4-6-10-14/h4-6,9-10,13H,3,7-8,11-12H2,1-2H3,(H,16,17)/t13-/m1/s1. The molecule has 1 N–H and O–H groups in total. The quantitative estimate of drug-likeness (QED) is 0.719. The lowest BCUT2D eigenvalue weighted by atomic mass is 10.2. The first-order chi connectivity index (χ1) is 8.72. The summed E-state index contributed by atoms with van der Waals surface area (Å²) in [4.78, 5) is 11.6. The van der Waals surface area contributed by atoms with Gasteiger partial charge in [0, 0.05) is 12.5 Å². The second kappa shape index (κ2) is 8.56. The Morgan fingerprint density at radius 3 is 2.72 bits per heavy atom. The van der Waals surface area contributed by atoms with Gasteiger partial charge < -0.3 is 10.1 Å². The van der Waals surface area contributed by atoms with Crippen LogP contribution in [0.5, 0.6) is 5.75 Å². The van der Waals surface area contributed by atoms with Gasteiger partial charge in [-0.05, 0) is 31.9 Å². The number of carbonyl (C=O) groups excluding carboxylic acids is 1. The molecule has 1 atom stereocenters. The van der Waals surface area contributed by atoms with Crippen LogP contribution >= 0.6 is 0 Å². The fraction of sp³-hybridized carbons (Fsp3) is 0.533. The lowest BCUT2D eigenvalue weighted by Gasteiger charge is -2.12. The zero-order valence-electron chi connectivity index (χ0n) is 11.3. The molecule has 0 bridgehead atoms. The summed E-state index contributed by atoms with van der Waals surface area (Å²) < 4.78 is 5.53. The summed E-state index contributed by atoms with van der Waals surface area (Å²) in [6.07, 6.45) is 3.41. The maximum Gasteiger partial charge on any atom is 0.220 e. The van der Waals surface area contributed by atoms with E-state index in [2.05, 4.69) is 12.2 Å². The van der Waals surface area contributed by atoms with E-state index < -0.39 is 0 Å². The van der Waals surface area contributed by atoms with Gasteiger partial charge in [-0.1, -0.05) is 31.5 Å². The number of ether oxygens (including phenoxy) is 1. The number of benzene rings is 1. The van der Waals surface area contributed by atoms with Crippen molar-refractivity contribution in [2.45, 2.75) is 45.6 Å². The molecule has 100 valence electrons. The first-order valence-corrected chi connectivity index (χ1v) is 6.69. The third-order valence-electron chi connectivity index (χ3n) is 2.69. The van der Waals surface area contributed by atoms with Crippen molar-refractivity contribution in [3.63, 3.8) is 0 Å². The molecule has 0 aromatic heterocycles. The lowest BCUT2D eigenvalue weighted by Crippen LogP contribution is -2.32. The van der Waals surface area contributed by atoms with Crippen molar-refractivity contribution in [2.75, 3.05) is 6.61 Å². The summed E-state index contributed by atoms with van der Waals surface area (Å²) >= 11 is 0. The van der Waals surface area contributed by atoms with Gasteiger partial charge in [-0.15, -0.1) is 0 Å². The molecule has 0 aliphatic carbocycles. The molecule has 0 aliphatic heterocycles. The molecule has 0 unspecified atom stereocenters. The van der Waals surface area contributed by atoms with Gasteiger partial charge in [-0.3, -0.25) is 4.79 Å².